The number of sulfonamides is 1. The average Bonchev–Trinajstić information content (AvgIpc) is 3.42. The minimum absolute atomic E-state index is 0.0563. The molecule has 0 spiro atoms. The molecule has 1 aliphatic carbocycles. The highest BCUT2D eigenvalue weighted by molar-refractivity contribution is 7.92. The fraction of sp³-hybridized carbons (Fsp3) is 0.296. The van der Waals surface area contributed by atoms with E-state index in [1.54, 1.807) is 23.6 Å². The van der Waals surface area contributed by atoms with Crippen molar-refractivity contribution in [2.24, 2.45) is 0 Å². The van der Waals surface area contributed by atoms with E-state index in [0.29, 0.717) is 22.7 Å². The highest BCUT2D eigenvalue weighted by atomic mass is 32.2. The molecule has 210 valence electrons. The van der Waals surface area contributed by atoms with Crippen molar-refractivity contribution in [3.63, 3.8) is 0 Å². The number of nitrogens with one attached hydrogen (secondary N) is 1. The normalized spacial score (nSPS) is 14.5. The Bertz CT molecular complexity index is 1780. The second kappa shape index (κ2) is 10.1. The third-order valence-electron chi connectivity index (χ3n) is 7.02. The number of anilines is 2. The Morgan fingerprint density at radius 3 is 2.50 bits per heavy atom. The SMILES string of the molecule is COc1ncc(-c2cc3c(C)nc(N)cc3n(C3CCCC3)c2=O)cc1NS(=O)(=O)c1ccccc1C(F)(F)F. The number of nitrogen functional groups attached to an aromatic ring is 1. The van der Waals surface area contributed by atoms with Crippen LogP contribution in [-0.4, -0.2) is 30.1 Å². The summed E-state index contributed by atoms with van der Waals surface area (Å²) in [5.74, 6) is 0.102. The van der Waals surface area contributed by atoms with Crippen molar-refractivity contribution in [1.29, 1.82) is 0 Å². The van der Waals surface area contributed by atoms with Crippen LogP contribution in [0.2, 0.25) is 0 Å². The van der Waals surface area contributed by atoms with Crippen molar-refractivity contribution >= 4 is 32.4 Å². The lowest BCUT2D eigenvalue weighted by Crippen LogP contribution is -2.26. The van der Waals surface area contributed by atoms with Crippen LogP contribution in [0.3, 0.4) is 0 Å². The number of aryl methyl sites for hydroxylation is 1. The Morgan fingerprint density at radius 1 is 1.12 bits per heavy atom. The lowest BCUT2D eigenvalue weighted by molar-refractivity contribution is -0.139. The lowest BCUT2D eigenvalue weighted by atomic mass is 10.0. The van der Waals surface area contributed by atoms with E-state index in [9.17, 15) is 26.4 Å². The Morgan fingerprint density at radius 2 is 1.82 bits per heavy atom. The Hall–Kier alpha value is -4.13. The molecule has 0 radical (unpaired) electrons. The number of nitrogens with two attached hydrogens (primary N) is 1. The van der Waals surface area contributed by atoms with E-state index in [0.717, 1.165) is 37.8 Å². The maximum absolute atomic E-state index is 13.9. The van der Waals surface area contributed by atoms with Crippen LogP contribution in [0.25, 0.3) is 22.0 Å². The number of pyridine rings is 3. The molecular formula is C27H26F3N5O4S. The number of rotatable bonds is 6. The van der Waals surface area contributed by atoms with Gasteiger partial charge in [-0.1, -0.05) is 25.0 Å². The molecule has 0 atom stereocenters. The topological polar surface area (TPSA) is 129 Å². The zero-order chi connectivity index (χ0) is 28.8. The van der Waals surface area contributed by atoms with Gasteiger partial charge in [0, 0.05) is 40.5 Å². The summed E-state index contributed by atoms with van der Waals surface area (Å²) in [6.07, 6.45) is 0.00720. The quantitative estimate of drug-likeness (QED) is 0.321. The number of hydrogen-bond donors (Lipinski definition) is 2. The van der Waals surface area contributed by atoms with E-state index in [-0.39, 0.29) is 40.1 Å². The average molecular weight is 574 g/mol. The first-order valence-corrected chi connectivity index (χ1v) is 13.9. The molecule has 0 aliphatic heterocycles. The largest absolute Gasteiger partial charge is 0.480 e. The zero-order valence-electron chi connectivity index (χ0n) is 21.6. The van der Waals surface area contributed by atoms with Gasteiger partial charge in [-0.25, -0.2) is 18.4 Å². The summed E-state index contributed by atoms with van der Waals surface area (Å²) in [6.45, 7) is 1.77. The van der Waals surface area contributed by atoms with Crippen LogP contribution >= 0.6 is 0 Å². The van der Waals surface area contributed by atoms with E-state index in [2.05, 4.69) is 14.7 Å². The van der Waals surface area contributed by atoms with Gasteiger partial charge in [-0.15, -0.1) is 0 Å². The molecule has 1 saturated carbocycles. The third kappa shape index (κ3) is 4.96. The van der Waals surface area contributed by atoms with Crippen molar-refractivity contribution < 1.29 is 26.3 Å². The van der Waals surface area contributed by atoms with Gasteiger partial charge in [-0.2, -0.15) is 13.2 Å². The maximum atomic E-state index is 13.9. The molecule has 4 aromatic rings. The molecule has 1 aromatic carbocycles. The van der Waals surface area contributed by atoms with Crippen molar-refractivity contribution in [2.45, 2.75) is 49.7 Å². The molecule has 0 bridgehead atoms. The van der Waals surface area contributed by atoms with E-state index in [4.69, 9.17) is 10.5 Å². The van der Waals surface area contributed by atoms with Crippen molar-refractivity contribution in [3.05, 3.63) is 70.3 Å². The monoisotopic (exact) mass is 573 g/mol. The molecule has 3 aromatic heterocycles. The summed E-state index contributed by atoms with van der Waals surface area (Å²) in [7, 11) is -3.49. The predicted octanol–water partition coefficient (Wildman–Crippen LogP) is 5.29. The number of alkyl halides is 3. The molecule has 9 nitrogen and oxygen atoms in total. The summed E-state index contributed by atoms with van der Waals surface area (Å²) in [5.41, 5.74) is 5.86. The summed E-state index contributed by atoms with van der Waals surface area (Å²) < 4.78 is 76.1. The second-order valence-electron chi connectivity index (χ2n) is 9.62. The second-order valence-corrected chi connectivity index (χ2v) is 11.3. The minimum Gasteiger partial charge on any atom is -0.480 e. The van der Waals surface area contributed by atoms with Gasteiger partial charge >= 0.3 is 6.18 Å². The fourth-order valence-electron chi connectivity index (χ4n) is 5.21. The molecule has 0 saturated heterocycles. The van der Waals surface area contributed by atoms with Gasteiger partial charge in [0.15, 0.2) is 0 Å². The predicted molar refractivity (Wildman–Crippen MR) is 145 cm³/mol. The lowest BCUT2D eigenvalue weighted by Gasteiger charge is -2.20. The van der Waals surface area contributed by atoms with Crippen molar-refractivity contribution in [1.82, 2.24) is 14.5 Å². The van der Waals surface area contributed by atoms with Crippen LogP contribution in [0.5, 0.6) is 5.88 Å². The highest BCUT2D eigenvalue weighted by Gasteiger charge is 2.37. The summed E-state index contributed by atoms with van der Waals surface area (Å²) in [4.78, 5) is 21.4. The molecule has 1 aliphatic rings. The van der Waals surface area contributed by atoms with E-state index in [1.807, 2.05) is 0 Å². The van der Waals surface area contributed by atoms with Crippen LogP contribution in [0.15, 0.2) is 58.4 Å². The molecule has 3 N–H and O–H groups in total. The van der Waals surface area contributed by atoms with Crippen LogP contribution in [-0.2, 0) is 16.2 Å². The Kier molecular flexibility index (Phi) is 6.94. The summed E-state index contributed by atoms with van der Waals surface area (Å²) in [5, 5.41) is 0.688. The Balaban J connectivity index is 1.67. The van der Waals surface area contributed by atoms with Crippen LogP contribution in [0.4, 0.5) is 24.7 Å². The maximum Gasteiger partial charge on any atom is 0.417 e. The number of methoxy groups -OCH3 is 1. The van der Waals surface area contributed by atoms with E-state index in [1.165, 1.54) is 25.4 Å². The highest BCUT2D eigenvalue weighted by Crippen LogP contribution is 2.37. The van der Waals surface area contributed by atoms with Gasteiger partial charge in [-0.3, -0.25) is 9.52 Å². The van der Waals surface area contributed by atoms with Crippen LogP contribution in [0.1, 0.15) is 43.0 Å². The van der Waals surface area contributed by atoms with E-state index >= 15 is 0 Å². The minimum atomic E-state index is -4.90. The van der Waals surface area contributed by atoms with Gasteiger partial charge < -0.3 is 15.0 Å². The third-order valence-corrected chi connectivity index (χ3v) is 8.44. The molecule has 5 rings (SSSR count). The number of ether oxygens (including phenoxy) is 1. The van der Waals surface area contributed by atoms with Crippen LogP contribution in [0, 0.1) is 6.92 Å². The smallest absolute Gasteiger partial charge is 0.417 e. The summed E-state index contributed by atoms with van der Waals surface area (Å²) in [6, 6.07) is 8.41. The Labute approximate surface area is 227 Å². The zero-order valence-corrected chi connectivity index (χ0v) is 22.4. The number of aromatic nitrogens is 3. The van der Waals surface area contributed by atoms with Crippen molar-refractivity contribution in [3.8, 4) is 17.0 Å². The van der Waals surface area contributed by atoms with Gasteiger partial charge in [0.05, 0.1) is 23.1 Å². The first-order chi connectivity index (χ1) is 18.9. The fourth-order valence-corrected chi connectivity index (χ4v) is 6.49. The molecule has 0 amide bonds. The standard InChI is InChI=1S/C27H26F3N5O4S/c1-15-18-12-19(26(36)35(17-7-3-4-8-17)22(18)13-24(31)33-15)16-11-21(25(39-2)32-14-16)34-40(37,38)23-10-6-5-9-20(23)27(28,29)30/h5-6,9-14,17,34H,3-4,7-8H2,1-2H3,(H2,31,33). The number of hydrogen-bond acceptors (Lipinski definition) is 7. The van der Waals surface area contributed by atoms with Gasteiger partial charge in [0.1, 0.15) is 11.5 Å². The molecule has 0 unspecified atom stereocenters. The van der Waals surface area contributed by atoms with Crippen LogP contribution < -0.4 is 20.8 Å². The molecule has 40 heavy (non-hydrogen) atoms. The van der Waals surface area contributed by atoms with Gasteiger partial charge in [0.25, 0.3) is 15.6 Å². The number of benzene rings is 1. The van der Waals surface area contributed by atoms with Crippen molar-refractivity contribution in [2.75, 3.05) is 17.6 Å². The molecule has 13 heteroatoms. The van der Waals surface area contributed by atoms with Gasteiger partial charge in [0.2, 0.25) is 5.88 Å². The first kappa shape index (κ1) is 27.4. The molecular weight excluding hydrogens is 547 g/mol. The molecule has 1 fully saturated rings. The van der Waals surface area contributed by atoms with E-state index < -0.39 is 26.7 Å². The summed E-state index contributed by atoms with van der Waals surface area (Å²) >= 11 is 0. The number of fused-ring (bicyclic) bond motifs is 1. The number of nitrogens with zero attached hydrogens (tertiary/aromatic N) is 3. The number of halogens is 3. The van der Waals surface area contributed by atoms with Gasteiger partial charge in [-0.05, 0) is 44.0 Å². The molecule has 3 heterocycles. The first-order valence-electron chi connectivity index (χ1n) is 12.5.